The fourth-order valence-electron chi connectivity index (χ4n) is 10.7. The Morgan fingerprint density at radius 3 is 0.733 bits per heavy atom. The van der Waals surface area contributed by atoms with Crippen LogP contribution < -0.4 is 0 Å². The Labute approximate surface area is 558 Å². The Hall–Kier alpha value is -4.48. The van der Waals surface area contributed by atoms with Gasteiger partial charge in [0.1, 0.15) is 6.61 Å². The van der Waals surface area contributed by atoms with Gasteiger partial charge in [0.25, 0.3) is 0 Å². The number of carbonyl (C=O) groups excluding carboxylic acids is 2. The number of hydrogen-bond donors (Lipinski definition) is 1. The van der Waals surface area contributed by atoms with Crippen LogP contribution in [0.5, 0.6) is 0 Å². The summed E-state index contributed by atoms with van der Waals surface area (Å²) in [4.78, 5) is 24.7. The summed E-state index contributed by atoms with van der Waals surface area (Å²) in [5.74, 6) is -0.617. The number of carbonyl (C=O) groups is 2. The highest BCUT2D eigenvalue weighted by Gasteiger charge is 2.16. The number of rotatable bonds is 69. The predicted octanol–water partition coefficient (Wildman–Crippen LogP) is 27.0. The molecule has 1 unspecified atom stereocenters. The first kappa shape index (κ1) is 85.5. The zero-order chi connectivity index (χ0) is 64.7. The number of hydrogen-bond acceptors (Lipinski definition) is 5. The molecule has 0 rings (SSSR count). The molecule has 0 saturated carbocycles. The minimum absolute atomic E-state index is 0.0821. The molecule has 0 saturated heterocycles. The first-order chi connectivity index (χ1) is 44.6. The second kappa shape index (κ2) is 78.8. The van der Waals surface area contributed by atoms with E-state index >= 15 is 0 Å². The molecule has 0 aliphatic carbocycles. The summed E-state index contributed by atoms with van der Waals surface area (Å²) in [5, 5.41) is 9.71. The molecule has 90 heavy (non-hydrogen) atoms. The molecule has 0 aromatic carbocycles. The second-order valence-electron chi connectivity index (χ2n) is 25.0. The number of aliphatic hydroxyl groups excluding tert-OH is 1. The molecule has 0 aromatic rings. The number of allylic oxidation sites excluding steroid dienone is 26. The van der Waals surface area contributed by atoms with Crippen LogP contribution in [0.25, 0.3) is 0 Å². The summed E-state index contributed by atoms with van der Waals surface area (Å²) in [6.45, 7) is 4.03. The van der Waals surface area contributed by atoms with Gasteiger partial charge in [0.15, 0.2) is 6.10 Å². The molecule has 512 valence electrons. The maximum absolute atomic E-state index is 12.4. The van der Waals surface area contributed by atoms with Gasteiger partial charge < -0.3 is 14.6 Å². The van der Waals surface area contributed by atoms with Gasteiger partial charge in [0, 0.05) is 12.8 Å². The lowest BCUT2D eigenvalue weighted by Gasteiger charge is -2.15. The molecule has 1 N–H and O–H groups in total. The van der Waals surface area contributed by atoms with Gasteiger partial charge in [-0.15, -0.1) is 0 Å². The molecular weight excluding hydrogens is 1100 g/mol. The van der Waals surface area contributed by atoms with E-state index in [-0.39, 0.29) is 25.2 Å². The smallest absolute Gasteiger partial charge is 0.306 e. The first-order valence-corrected chi connectivity index (χ1v) is 38.0. The monoisotopic (exact) mass is 1240 g/mol. The number of aliphatic hydroxyl groups is 1. The Morgan fingerprint density at radius 2 is 0.478 bits per heavy atom. The molecular formula is C85H142O5. The molecule has 1 atom stereocenters. The highest BCUT2D eigenvalue weighted by atomic mass is 16.6. The Bertz CT molecular complexity index is 1900. The van der Waals surface area contributed by atoms with Crippen LogP contribution in [0, 0.1) is 0 Å². The van der Waals surface area contributed by atoms with Crippen molar-refractivity contribution in [2.45, 2.75) is 354 Å². The van der Waals surface area contributed by atoms with E-state index in [2.05, 4.69) is 172 Å². The Kier molecular flexibility index (Phi) is 74.8. The van der Waals surface area contributed by atoms with Crippen LogP contribution >= 0.6 is 0 Å². The first-order valence-electron chi connectivity index (χ1n) is 38.0. The lowest BCUT2D eigenvalue weighted by atomic mass is 10.0. The van der Waals surface area contributed by atoms with Crippen molar-refractivity contribution in [3.63, 3.8) is 0 Å². The van der Waals surface area contributed by atoms with Crippen molar-refractivity contribution < 1.29 is 24.2 Å². The Morgan fingerprint density at radius 1 is 0.267 bits per heavy atom. The van der Waals surface area contributed by atoms with E-state index in [4.69, 9.17) is 9.47 Å². The molecule has 5 heteroatoms. The molecule has 0 aliphatic rings. The van der Waals surface area contributed by atoms with E-state index < -0.39 is 6.10 Å². The minimum Gasteiger partial charge on any atom is -0.462 e. The largest absolute Gasteiger partial charge is 0.462 e. The molecule has 0 radical (unpaired) electrons. The summed E-state index contributed by atoms with van der Waals surface area (Å²) >= 11 is 0. The van der Waals surface area contributed by atoms with E-state index in [9.17, 15) is 14.7 Å². The topological polar surface area (TPSA) is 72.8 Å². The molecule has 0 aliphatic heterocycles. The van der Waals surface area contributed by atoms with E-state index in [1.807, 2.05) is 0 Å². The van der Waals surface area contributed by atoms with Crippen molar-refractivity contribution in [1.82, 2.24) is 0 Å². The third kappa shape index (κ3) is 76.0. The molecule has 0 amide bonds. The zero-order valence-electron chi connectivity index (χ0n) is 58.9. The molecule has 0 bridgehead atoms. The highest BCUT2D eigenvalue weighted by Crippen LogP contribution is 2.18. The van der Waals surface area contributed by atoms with Gasteiger partial charge in [0.2, 0.25) is 0 Å². The van der Waals surface area contributed by atoms with E-state index in [1.165, 1.54) is 193 Å². The Balaban J connectivity index is 3.56. The molecule has 0 fully saturated rings. The van der Waals surface area contributed by atoms with Crippen LogP contribution in [0.2, 0.25) is 0 Å². The summed E-state index contributed by atoms with van der Waals surface area (Å²) in [7, 11) is 0. The standard InChI is InChI=1S/C85H142O5/c1-3-5-7-9-11-13-15-17-19-21-23-25-27-29-31-33-35-37-39-40-41-42-43-44-46-48-50-52-54-56-58-60-62-64-66-68-70-72-74-76-78-80-85(88)90-83(81-86)82-89-84(87)79-77-75-73-71-69-67-65-63-61-59-57-55-53-51-49-47-45-38-36-34-32-30-28-26-24-22-20-18-16-14-12-10-8-6-4-2/h5,7,11,13,17,19,22-25,29,31,35,37,40-41,43-44,48,50,54,56,60,62,66,68,83,86H,3-4,6,8-10,12,14-16,18,20-21,26-28,30,32-34,36,38-39,42,45-47,49,51-53,55,57-59,61,63-65,67,69-82H2,1-2H3/b7-5-,13-11-,19-17-,24-22-,25-23-,31-29-,37-35-,41-40-,44-43-,50-48-,56-54-,62-60-,68-66-. The van der Waals surface area contributed by atoms with Crippen molar-refractivity contribution in [3.05, 3.63) is 158 Å². The third-order valence-electron chi connectivity index (χ3n) is 16.3. The highest BCUT2D eigenvalue weighted by molar-refractivity contribution is 5.70. The quantitative estimate of drug-likeness (QED) is 0.0373. The van der Waals surface area contributed by atoms with E-state index in [0.29, 0.717) is 12.8 Å². The number of esters is 2. The zero-order valence-corrected chi connectivity index (χ0v) is 58.9. The normalized spacial score (nSPS) is 13.1. The van der Waals surface area contributed by atoms with Gasteiger partial charge in [-0.25, -0.2) is 0 Å². The van der Waals surface area contributed by atoms with Crippen molar-refractivity contribution >= 4 is 11.9 Å². The number of unbranched alkanes of at least 4 members (excludes halogenated alkanes) is 35. The van der Waals surface area contributed by atoms with Gasteiger partial charge in [-0.3, -0.25) is 9.59 Å². The molecule has 0 aromatic heterocycles. The fraction of sp³-hybridized carbons (Fsp3) is 0.671. The minimum atomic E-state index is -0.797. The summed E-state index contributed by atoms with van der Waals surface area (Å²) in [6, 6.07) is 0. The molecule has 0 heterocycles. The van der Waals surface area contributed by atoms with Crippen molar-refractivity contribution in [2.24, 2.45) is 0 Å². The van der Waals surface area contributed by atoms with E-state index in [1.54, 1.807) is 0 Å². The van der Waals surface area contributed by atoms with Crippen molar-refractivity contribution in [1.29, 1.82) is 0 Å². The summed E-state index contributed by atoms with van der Waals surface area (Å²) in [6.07, 6.45) is 120. The average molecular weight is 1240 g/mol. The van der Waals surface area contributed by atoms with Gasteiger partial charge in [-0.1, -0.05) is 364 Å². The van der Waals surface area contributed by atoms with Crippen molar-refractivity contribution in [2.75, 3.05) is 13.2 Å². The van der Waals surface area contributed by atoms with Crippen LogP contribution in [0.3, 0.4) is 0 Å². The van der Waals surface area contributed by atoms with Crippen molar-refractivity contribution in [3.8, 4) is 0 Å². The van der Waals surface area contributed by atoms with Crippen LogP contribution in [-0.4, -0.2) is 36.4 Å². The lowest BCUT2D eigenvalue weighted by Crippen LogP contribution is -2.28. The van der Waals surface area contributed by atoms with Gasteiger partial charge in [-0.2, -0.15) is 0 Å². The molecule has 0 spiro atoms. The van der Waals surface area contributed by atoms with Crippen LogP contribution in [0.1, 0.15) is 348 Å². The van der Waals surface area contributed by atoms with Crippen LogP contribution in [0.15, 0.2) is 158 Å². The van der Waals surface area contributed by atoms with Crippen LogP contribution in [0.4, 0.5) is 0 Å². The molecule has 5 nitrogen and oxygen atoms in total. The van der Waals surface area contributed by atoms with E-state index in [0.717, 1.165) is 128 Å². The summed E-state index contributed by atoms with van der Waals surface area (Å²) < 4.78 is 10.7. The maximum atomic E-state index is 12.4. The fourth-order valence-corrected chi connectivity index (χ4v) is 10.7. The number of ether oxygens (including phenoxy) is 2. The second-order valence-corrected chi connectivity index (χ2v) is 25.0. The third-order valence-corrected chi connectivity index (χ3v) is 16.3. The van der Waals surface area contributed by atoms with Gasteiger partial charge in [0.05, 0.1) is 6.61 Å². The lowest BCUT2D eigenvalue weighted by molar-refractivity contribution is -0.161. The van der Waals surface area contributed by atoms with Crippen LogP contribution in [-0.2, 0) is 19.1 Å². The SMILES string of the molecule is CC/C=C\C/C=C\C/C=C\C/C=C\C/C=C\C/C=C\C/C=C\C/C=C\C/C=C\C/C=C\C/C=C\C/C=C\CCCCCCC(=O)OC(CO)COC(=O)CCCCCCCCCCCCCCCCCCCCCCCCC/C=C\CCCCCCCCCC. The average Bonchev–Trinajstić information content (AvgIpc) is 3.60. The van der Waals surface area contributed by atoms with Gasteiger partial charge >= 0.3 is 11.9 Å². The predicted molar refractivity (Wildman–Crippen MR) is 398 cm³/mol. The van der Waals surface area contributed by atoms with Gasteiger partial charge in [-0.05, 0) is 128 Å². The summed E-state index contributed by atoms with van der Waals surface area (Å²) in [5.41, 5.74) is 0. The maximum Gasteiger partial charge on any atom is 0.306 e.